The fourth-order valence-electron chi connectivity index (χ4n) is 3.48. The number of amides is 1. The number of nitrogens with zero attached hydrogens (tertiary/aromatic N) is 3. The monoisotopic (exact) mass is 448 g/mol. The molecule has 4 rings (SSSR count). The van der Waals surface area contributed by atoms with Gasteiger partial charge in [-0.1, -0.05) is 28.4 Å². The first-order valence-corrected chi connectivity index (χ1v) is 10.3. The van der Waals surface area contributed by atoms with E-state index in [0.29, 0.717) is 46.1 Å². The van der Waals surface area contributed by atoms with Crippen LogP contribution in [0.3, 0.4) is 0 Å². The summed E-state index contributed by atoms with van der Waals surface area (Å²) in [7, 11) is 0. The zero-order chi connectivity index (χ0) is 21.1. The van der Waals surface area contributed by atoms with Crippen molar-refractivity contribution < 1.29 is 13.7 Å². The highest BCUT2D eigenvalue weighted by atomic mass is 35.5. The van der Waals surface area contributed by atoms with Crippen LogP contribution in [0, 0.1) is 11.7 Å². The molecule has 1 atom stereocenters. The van der Waals surface area contributed by atoms with Crippen molar-refractivity contribution in [3.05, 3.63) is 64.2 Å². The number of piperidine rings is 1. The third-order valence-corrected chi connectivity index (χ3v) is 5.53. The maximum atomic E-state index is 13.0. The lowest BCUT2D eigenvalue weighted by Gasteiger charge is -2.30. The van der Waals surface area contributed by atoms with E-state index >= 15 is 0 Å². The largest absolute Gasteiger partial charge is 0.338 e. The van der Waals surface area contributed by atoms with Crippen LogP contribution in [0.4, 0.5) is 10.1 Å². The normalized spacial score (nSPS) is 17.1. The molecule has 1 aromatic heterocycles. The summed E-state index contributed by atoms with van der Waals surface area (Å²) in [6, 6.07) is 10.8. The molecule has 0 spiro atoms. The van der Waals surface area contributed by atoms with E-state index in [1.807, 2.05) is 0 Å². The molecule has 30 heavy (non-hydrogen) atoms. The summed E-state index contributed by atoms with van der Waals surface area (Å²) in [5.41, 5.74) is 1.23. The van der Waals surface area contributed by atoms with Crippen LogP contribution < -0.4 is 5.32 Å². The van der Waals surface area contributed by atoms with E-state index in [0.717, 1.165) is 19.4 Å². The van der Waals surface area contributed by atoms with Gasteiger partial charge in [-0.3, -0.25) is 9.69 Å². The number of rotatable bonds is 5. The highest BCUT2D eigenvalue weighted by Gasteiger charge is 2.27. The molecule has 1 N–H and O–H groups in total. The Hall–Kier alpha value is -2.48. The van der Waals surface area contributed by atoms with Crippen LogP contribution in [-0.4, -0.2) is 34.0 Å². The average molecular weight is 449 g/mol. The van der Waals surface area contributed by atoms with E-state index < -0.39 is 0 Å². The van der Waals surface area contributed by atoms with Crippen LogP contribution in [0.5, 0.6) is 0 Å². The summed E-state index contributed by atoms with van der Waals surface area (Å²) >= 11 is 12.1. The Morgan fingerprint density at radius 3 is 2.80 bits per heavy atom. The van der Waals surface area contributed by atoms with Gasteiger partial charge in [0.1, 0.15) is 5.82 Å². The van der Waals surface area contributed by atoms with Crippen LogP contribution in [0.1, 0.15) is 18.7 Å². The molecule has 0 saturated carbocycles. The van der Waals surface area contributed by atoms with Crippen LogP contribution in [0.25, 0.3) is 11.4 Å². The van der Waals surface area contributed by atoms with Crippen molar-refractivity contribution in [1.82, 2.24) is 15.0 Å². The third kappa shape index (κ3) is 4.98. The van der Waals surface area contributed by atoms with E-state index in [1.54, 1.807) is 30.3 Å². The summed E-state index contributed by atoms with van der Waals surface area (Å²) in [4.78, 5) is 19.1. The van der Waals surface area contributed by atoms with Crippen molar-refractivity contribution in [3.8, 4) is 11.4 Å². The lowest BCUT2D eigenvalue weighted by atomic mass is 9.97. The lowest BCUT2D eigenvalue weighted by molar-refractivity contribution is -0.121. The van der Waals surface area contributed by atoms with Crippen LogP contribution in [0.2, 0.25) is 10.0 Å². The predicted octanol–water partition coefficient (Wildman–Crippen LogP) is 5.03. The molecule has 2 heterocycles. The Kier molecular flexibility index (Phi) is 6.32. The number of carbonyl (C=O) groups is 1. The standard InChI is InChI=1S/C21H19Cl2FN4O2/c22-14-3-8-17(18(23)10-14)20-26-19(30-27-20)12-28-9-1-2-13(11-28)21(29)25-16-6-4-15(24)5-7-16/h3-8,10,13H,1-2,9,11-12H2,(H,25,29). The van der Waals surface area contributed by atoms with Crippen LogP contribution >= 0.6 is 23.2 Å². The number of aromatic nitrogens is 2. The van der Waals surface area contributed by atoms with E-state index in [1.165, 1.54) is 12.1 Å². The third-order valence-electron chi connectivity index (χ3n) is 4.99. The molecule has 1 amide bonds. The van der Waals surface area contributed by atoms with E-state index in [9.17, 15) is 9.18 Å². The molecule has 1 aliphatic heterocycles. The number of benzene rings is 2. The van der Waals surface area contributed by atoms with Crippen molar-refractivity contribution in [1.29, 1.82) is 0 Å². The number of halogens is 3. The molecule has 9 heteroatoms. The second kappa shape index (κ2) is 9.12. The number of nitrogens with one attached hydrogen (secondary N) is 1. The molecule has 156 valence electrons. The van der Waals surface area contributed by atoms with E-state index in [4.69, 9.17) is 27.7 Å². The molecular formula is C21H19Cl2FN4O2. The zero-order valence-corrected chi connectivity index (χ0v) is 17.5. The van der Waals surface area contributed by atoms with Crippen molar-refractivity contribution in [2.24, 2.45) is 5.92 Å². The van der Waals surface area contributed by atoms with Gasteiger partial charge in [0.05, 0.1) is 17.5 Å². The zero-order valence-electron chi connectivity index (χ0n) is 15.9. The maximum absolute atomic E-state index is 13.0. The van der Waals surface area contributed by atoms with Gasteiger partial charge in [-0.15, -0.1) is 0 Å². The molecule has 0 bridgehead atoms. The second-order valence-electron chi connectivity index (χ2n) is 7.21. The van der Waals surface area contributed by atoms with Gasteiger partial charge in [-0.25, -0.2) is 4.39 Å². The van der Waals surface area contributed by atoms with Crippen molar-refractivity contribution in [3.63, 3.8) is 0 Å². The summed E-state index contributed by atoms with van der Waals surface area (Å²) in [6.45, 7) is 1.85. The van der Waals surface area contributed by atoms with Crippen LogP contribution in [0.15, 0.2) is 47.0 Å². The van der Waals surface area contributed by atoms with Gasteiger partial charge >= 0.3 is 0 Å². The van der Waals surface area contributed by atoms with Crippen LogP contribution in [-0.2, 0) is 11.3 Å². The number of likely N-dealkylation sites (tertiary alicyclic amines) is 1. The summed E-state index contributed by atoms with van der Waals surface area (Å²) in [6.07, 6.45) is 1.67. The SMILES string of the molecule is O=C(Nc1ccc(F)cc1)C1CCCN(Cc2nc(-c3ccc(Cl)cc3Cl)no2)C1. The fraction of sp³-hybridized carbons (Fsp3) is 0.286. The lowest BCUT2D eigenvalue weighted by Crippen LogP contribution is -2.40. The molecule has 3 aromatic rings. The maximum Gasteiger partial charge on any atom is 0.241 e. The first-order chi connectivity index (χ1) is 14.5. The molecule has 1 unspecified atom stereocenters. The Morgan fingerprint density at radius 2 is 2.03 bits per heavy atom. The number of hydrogen-bond acceptors (Lipinski definition) is 5. The minimum atomic E-state index is -0.337. The van der Waals surface area contributed by atoms with Crippen molar-refractivity contribution in [2.75, 3.05) is 18.4 Å². The molecule has 2 aromatic carbocycles. The molecule has 1 fully saturated rings. The van der Waals surface area contributed by atoms with Crippen molar-refractivity contribution >= 4 is 34.8 Å². The Morgan fingerprint density at radius 1 is 1.23 bits per heavy atom. The van der Waals surface area contributed by atoms with Gasteiger partial charge in [0, 0.05) is 22.8 Å². The average Bonchev–Trinajstić information content (AvgIpc) is 3.18. The smallest absolute Gasteiger partial charge is 0.241 e. The van der Waals surface area contributed by atoms with Gasteiger partial charge < -0.3 is 9.84 Å². The highest BCUT2D eigenvalue weighted by Crippen LogP contribution is 2.29. The fourth-order valence-corrected chi connectivity index (χ4v) is 3.97. The van der Waals surface area contributed by atoms with E-state index in [2.05, 4.69) is 20.4 Å². The van der Waals surface area contributed by atoms with Gasteiger partial charge in [0.15, 0.2) is 0 Å². The molecular weight excluding hydrogens is 430 g/mol. The Bertz CT molecular complexity index is 1040. The highest BCUT2D eigenvalue weighted by molar-refractivity contribution is 6.36. The molecule has 1 aliphatic rings. The summed E-state index contributed by atoms with van der Waals surface area (Å²) < 4.78 is 18.4. The minimum absolute atomic E-state index is 0.0783. The Labute approximate surface area is 183 Å². The van der Waals surface area contributed by atoms with Gasteiger partial charge in [-0.05, 0) is 61.9 Å². The first kappa shape index (κ1) is 20.8. The molecule has 6 nitrogen and oxygen atoms in total. The first-order valence-electron chi connectivity index (χ1n) is 9.55. The van der Waals surface area contributed by atoms with Gasteiger partial charge in [0.2, 0.25) is 17.6 Å². The summed E-state index contributed by atoms with van der Waals surface area (Å²) in [5, 5.41) is 7.84. The quantitative estimate of drug-likeness (QED) is 0.592. The molecule has 0 aliphatic carbocycles. The number of carbonyl (C=O) groups excluding carboxylic acids is 1. The number of anilines is 1. The topological polar surface area (TPSA) is 71.3 Å². The van der Waals surface area contributed by atoms with Gasteiger partial charge in [0.25, 0.3) is 0 Å². The van der Waals surface area contributed by atoms with Gasteiger partial charge in [-0.2, -0.15) is 4.98 Å². The van der Waals surface area contributed by atoms with E-state index in [-0.39, 0.29) is 17.6 Å². The van der Waals surface area contributed by atoms with Crippen molar-refractivity contribution in [2.45, 2.75) is 19.4 Å². The molecule has 0 radical (unpaired) electrons. The Balaban J connectivity index is 1.37. The molecule has 1 saturated heterocycles. The summed E-state index contributed by atoms with van der Waals surface area (Å²) in [5.74, 6) is 0.267. The second-order valence-corrected chi connectivity index (χ2v) is 8.05. The number of hydrogen-bond donors (Lipinski definition) is 1. The predicted molar refractivity (Wildman–Crippen MR) is 113 cm³/mol. The minimum Gasteiger partial charge on any atom is -0.338 e.